The Hall–Kier alpha value is -1.72. The van der Waals surface area contributed by atoms with Gasteiger partial charge in [-0.3, -0.25) is 4.68 Å². The predicted octanol–water partition coefficient (Wildman–Crippen LogP) is 3.44. The second kappa shape index (κ2) is 7.90. The lowest BCUT2D eigenvalue weighted by Gasteiger charge is -2.35. The Kier molecular flexibility index (Phi) is 5.63. The molecule has 1 aromatic carbocycles. The molecule has 0 amide bonds. The second-order valence-corrected chi connectivity index (χ2v) is 6.46. The van der Waals surface area contributed by atoms with Crippen LogP contribution < -0.4 is 0 Å². The summed E-state index contributed by atoms with van der Waals surface area (Å²) in [5.41, 5.74) is 2.35. The molecule has 2 aromatic rings. The van der Waals surface area contributed by atoms with Crippen molar-refractivity contribution in [3.05, 3.63) is 53.6 Å². The van der Waals surface area contributed by atoms with Gasteiger partial charge in [0.1, 0.15) is 5.82 Å². The number of halogens is 1. The molecule has 24 heavy (non-hydrogen) atoms. The van der Waals surface area contributed by atoms with Gasteiger partial charge in [-0.2, -0.15) is 5.10 Å². The fourth-order valence-electron chi connectivity index (χ4n) is 3.42. The number of hydrogen-bond donors (Lipinski definition) is 0. The molecule has 1 aromatic heterocycles. The summed E-state index contributed by atoms with van der Waals surface area (Å²) in [5, 5.41) is 4.33. The molecule has 0 spiro atoms. The first kappa shape index (κ1) is 17.1. The number of likely N-dealkylation sites (N-methyl/N-ethyl adjacent to an activating group) is 1. The van der Waals surface area contributed by atoms with Crippen LogP contribution in [-0.4, -0.2) is 40.9 Å². The fourth-order valence-corrected chi connectivity index (χ4v) is 3.42. The van der Waals surface area contributed by atoms with Crippen LogP contribution in [0.4, 0.5) is 4.39 Å². The van der Waals surface area contributed by atoms with Gasteiger partial charge >= 0.3 is 0 Å². The molecule has 1 saturated heterocycles. The Morgan fingerprint density at radius 1 is 1.29 bits per heavy atom. The normalized spacial score (nSPS) is 21.3. The standard InChI is InChI=1S/C19H26FN3O/c1-3-23-17(8-11-21-23)9-12-22(2)18-10-13-24-19(14-18)15-4-6-16(20)7-5-15/h4-8,11,18-19H,3,9-10,12-14H2,1-2H3. The van der Waals surface area contributed by atoms with Gasteiger partial charge < -0.3 is 9.64 Å². The topological polar surface area (TPSA) is 30.3 Å². The maximum atomic E-state index is 13.1. The number of aryl methyl sites for hydroxylation is 1. The highest BCUT2D eigenvalue weighted by Crippen LogP contribution is 2.30. The lowest BCUT2D eigenvalue weighted by atomic mass is 9.96. The van der Waals surface area contributed by atoms with Gasteiger partial charge in [0, 0.05) is 44.0 Å². The third kappa shape index (κ3) is 4.02. The number of benzene rings is 1. The largest absolute Gasteiger partial charge is 0.373 e. The lowest BCUT2D eigenvalue weighted by Crippen LogP contribution is -2.39. The molecule has 1 aliphatic rings. The Morgan fingerprint density at radius 2 is 2.08 bits per heavy atom. The molecule has 1 fully saturated rings. The van der Waals surface area contributed by atoms with Crippen LogP contribution in [0.15, 0.2) is 36.5 Å². The van der Waals surface area contributed by atoms with Gasteiger partial charge in [-0.15, -0.1) is 0 Å². The molecule has 1 aliphatic heterocycles. The molecule has 2 heterocycles. The highest BCUT2D eigenvalue weighted by Gasteiger charge is 2.26. The summed E-state index contributed by atoms with van der Waals surface area (Å²) in [6.07, 6.45) is 4.94. The van der Waals surface area contributed by atoms with Crippen LogP contribution in [-0.2, 0) is 17.7 Å². The summed E-state index contributed by atoms with van der Waals surface area (Å²) in [7, 11) is 2.18. The van der Waals surface area contributed by atoms with Crippen molar-refractivity contribution >= 4 is 0 Å². The average molecular weight is 331 g/mol. The van der Waals surface area contributed by atoms with Crippen molar-refractivity contribution in [1.29, 1.82) is 0 Å². The summed E-state index contributed by atoms with van der Waals surface area (Å²) in [4.78, 5) is 2.42. The van der Waals surface area contributed by atoms with Crippen molar-refractivity contribution in [1.82, 2.24) is 14.7 Å². The van der Waals surface area contributed by atoms with Gasteiger partial charge in [-0.05, 0) is 50.6 Å². The summed E-state index contributed by atoms with van der Waals surface area (Å²) in [6.45, 7) is 4.79. The van der Waals surface area contributed by atoms with E-state index in [4.69, 9.17) is 4.74 Å². The van der Waals surface area contributed by atoms with E-state index in [1.807, 2.05) is 18.3 Å². The third-order valence-electron chi connectivity index (χ3n) is 4.95. The average Bonchev–Trinajstić information content (AvgIpc) is 3.08. The maximum Gasteiger partial charge on any atom is 0.123 e. The van der Waals surface area contributed by atoms with Gasteiger partial charge in [0.05, 0.1) is 6.10 Å². The molecular formula is C19H26FN3O. The Morgan fingerprint density at radius 3 is 2.83 bits per heavy atom. The Bertz CT molecular complexity index is 640. The van der Waals surface area contributed by atoms with Crippen LogP contribution >= 0.6 is 0 Å². The molecule has 2 unspecified atom stereocenters. The first-order chi connectivity index (χ1) is 11.7. The predicted molar refractivity (Wildman–Crippen MR) is 92.4 cm³/mol. The first-order valence-electron chi connectivity index (χ1n) is 8.75. The number of rotatable bonds is 6. The third-order valence-corrected chi connectivity index (χ3v) is 4.95. The van der Waals surface area contributed by atoms with E-state index in [1.165, 1.54) is 17.8 Å². The van der Waals surface area contributed by atoms with Crippen LogP contribution in [0.1, 0.15) is 37.1 Å². The SMILES string of the molecule is CCn1nccc1CCN(C)C1CCOC(c2ccc(F)cc2)C1. The van der Waals surface area contributed by atoms with Gasteiger partial charge in [0.25, 0.3) is 0 Å². The summed E-state index contributed by atoms with van der Waals surface area (Å²) >= 11 is 0. The summed E-state index contributed by atoms with van der Waals surface area (Å²) < 4.78 is 21.1. The van der Waals surface area contributed by atoms with E-state index in [0.717, 1.165) is 44.5 Å². The number of nitrogens with zero attached hydrogens (tertiary/aromatic N) is 3. The van der Waals surface area contributed by atoms with Crippen molar-refractivity contribution < 1.29 is 9.13 Å². The smallest absolute Gasteiger partial charge is 0.123 e. The molecule has 0 radical (unpaired) electrons. The zero-order chi connectivity index (χ0) is 16.9. The van der Waals surface area contributed by atoms with E-state index in [2.05, 4.69) is 34.7 Å². The molecule has 130 valence electrons. The van der Waals surface area contributed by atoms with Crippen LogP contribution in [0.25, 0.3) is 0 Å². The Balaban J connectivity index is 1.56. The van der Waals surface area contributed by atoms with Crippen molar-refractivity contribution in [3.8, 4) is 0 Å². The zero-order valence-corrected chi connectivity index (χ0v) is 14.5. The molecule has 0 aliphatic carbocycles. The van der Waals surface area contributed by atoms with Crippen molar-refractivity contribution in [2.24, 2.45) is 0 Å². The summed E-state index contributed by atoms with van der Waals surface area (Å²) in [6, 6.07) is 9.29. The number of hydrogen-bond acceptors (Lipinski definition) is 3. The molecular weight excluding hydrogens is 305 g/mol. The monoisotopic (exact) mass is 331 g/mol. The van der Waals surface area contributed by atoms with E-state index in [-0.39, 0.29) is 11.9 Å². The first-order valence-corrected chi connectivity index (χ1v) is 8.75. The van der Waals surface area contributed by atoms with E-state index in [1.54, 1.807) is 0 Å². The van der Waals surface area contributed by atoms with E-state index >= 15 is 0 Å². The quantitative estimate of drug-likeness (QED) is 0.812. The second-order valence-electron chi connectivity index (χ2n) is 6.46. The van der Waals surface area contributed by atoms with Crippen molar-refractivity contribution in [2.75, 3.05) is 20.2 Å². The van der Waals surface area contributed by atoms with Crippen LogP contribution in [0, 0.1) is 5.82 Å². The van der Waals surface area contributed by atoms with Crippen LogP contribution in [0.5, 0.6) is 0 Å². The number of ether oxygens (including phenoxy) is 1. The Labute approximate surface area is 143 Å². The molecule has 2 atom stereocenters. The van der Waals surface area contributed by atoms with Gasteiger partial charge in [0.15, 0.2) is 0 Å². The van der Waals surface area contributed by atoms with Crippen molar-refractivity contribution in [3.63, 3.8) is 0 Å². The van der Waals surface area contributed by atoms with Gasteiger partial charge in [-0.1, -0.05) is 12.1 Å². The van der Waals surface area contributed by atoms with Crippen LogP contribution in [0.2, 0.25) is 0 Å². The minimum Gasteiger partial charge on any atom is -0.373 e. The van der Waals surface area contributed by atoms with Gasteiger partial charge in [0.2, 0.25) is 0 Å². The van der Waals surface area contributed by atoms with Crippen LogP contribution in [0.3, 0.4) is 0 Å². The van der Waals surface area contributed by atoms with Crippen molar-refractivity contribution in [2.45, 2.75) is 44.9 Å². The summed E-state index contributed by atoms with van der Waals surface area (Å²) in [5.74, 6) is -0.198. The zero-order valence-electron chi connectivity index (χ0n) is 14.5. The lowest BCUT2D eigenvalue weighted by molar-refractivity contribution is -0.0232. The molecule has 3 rings (SSSR count). The van der Waals surface area contributed by atoms with E-state index in [9.17, 15) is 4.39 Å². The fraction of sp³-hybridized carbons (Fsp3) is 0.526. The molecule has 0 bridgehead atoms. The van der Waals surface area contributed by atoms with E-state index < -0.39 is 0 Å². The van der Waals surface area contributed by atoms with Gasteiger partial charge in [-0.25, -0.2) is 4.39 Å². The molecule has 4 nitrogen and oxygen atoms in total. The maximum absolute atomic E-state index is 13.1. The molecule has 0 saturated carbocycles. The molecule has 0 N–H and O–H groups in total. The highest BCUT2D eigenvalue weighted by molar-refractivity contribution is 5.19. The minimum atomic E-state index is -0.198. The molecule has 5 heteroatoms. The van der Waals surface area contributed by atoms with E-state index in [0.29, 0.717) is 6.04 Å². The highest BCUT2D eigenvalue weighted by atomic mass is 19.1. The minimum absolute atomic E-state index is 0.0629. The number of aromatic nitrogens is 2.